The molecule has 1 heterocycles. The highest BCUT2D eigenvalue weighted by molar-refractivity contribution is 5.76. The van der Waals surface area contributed by atoms with Gasteiger partial charge in [-0.3, -0.25) is 9.69 Å². The van der Waals surface area contributed by atoms with Gasteiger partial charge in [0.1, 0.15) is 6.10 Å². The third-order valence-corrected chi connectivity index (χ3v) is 6.68. The van der Waals surface area contributed by atoms with E-state index in [0.29, 0.717) is 26.2 Å². The highest BCUT2D eigenvalue weighted by atomic mass is 16.5. The summed E-state index contributed by atoms with van der Waals surface area (Å²) in [5.41, 5.74) is 0.849. The van der Waals surface area contributed by atoms with Gasteiger partial charge in [-0.15, -0.1) is 0 Å². The number of carbonyl (C=O) groups excluding carboxylic acids is 1. The lowest BCUT2D eigenvalue weighted by Gasteiger charge is -2.33. The van der Waals surface area contributed by atoms with Gasteiger partial charge in [-0.25, -0.2) is 0 Å². The summed E-state index contributed by atoms with van der Waals surface area (Å²) >= 11 is 0. The second kappa shape index (κ2) is 18.0. The second-order valence-corrected chi connectivity index (χ2v) is 9.58. The lowest BCUT2D eigenvalue weighted by atomic mass is 10.0. The second-order valence-electron chi connectivity index (χ2n) is 9.58. The Morgan fingerprint density at radius 2 is 1.45 bits per heavy atom. The van der Waals surface area contributed by atoms with Gasteiger partial charge in [-0.1, -0.05) is 108 Å². The Kier molecular flexibility index (Phi) is 15.1. The number of hydrogen-bond donors (Lipinski definition) is 2. The van der Waals surface area contributed by atoms with Gasteiger partial charge in [0.25, 0.3) is 0 Å². The van der Waals surface area contributed by atoms with Gasteiger partial charge in [0.15, 0.2) is 0 Å². The maximum absolute atomic E-state index is 12.6. The van der Waals surface area contributed by atoms with Crippen molar-refractivity contribution in [3.8, 4) is 0 Å². The van der Waals surface area contributed by atoms with E-state index < -0.39 is 6.10 Å². The monoisotopic (exact) mass is 460 g/mol. The first-order valence-electron chi connectivity index (χ1n) is 13.5. The zero-order chi connectivity index (χ0) is 23.6. The van der Waals surface area contributed by atoms with Crippen molar-refractivity contribution in [1.29, 1.82) is 0 Å². The van der Waals surface area contributed by atoms with Crippen molar-refractivity contribution >= 4 is 5.91 Å². The van der Waals surface area contributed by atoms with Crippen molar-refractivity contribution < 1.29 is 14.6 Å². The van der Waals surface area contributed by atoms with Crippen molar-refractivity contribution in [2.24, 2.45) is 0 Å². The van der Waals surface area contributed by atoms with Crippen molar-refractivity contribution in [1.82, 2.24) is 10.2 Å². The summed E-state index contributed by atoms with van der Waals surface area (Å²) in [5, 5.41) is 14.1. The van der Waals surface area contributed by atoms with Gasteiger partial charge in [-0.2, -0.15) is 0 Å². The molecule has 1 amide bonds. The number of nitrogens with zero attached hydrogens (tertiary/aromatic N) is 1. The fourth-order valence-electron chi connectivity index (χ4n) is 4.57. The molecule has 2 atom stereocenters. The first-order chi connectivity index (χ1) is 16.2. The van der Waals surface area contributed by atoms with Crippen LogP contribution in [0.3, 0.4) is 0 Å². The minimum atomic E-state index is -0.708. The maximum Gasteiger partial charge on any atom is 0.220 e. The van der Waals surface area contributed by atoms with Crippen molar-refractivity contribution in [2.75, 3.05) is 32.8 Å². The molecule has 1 fully saturated rings. The van der Waals surface area contributed by atoms with E-state index in [-0.39, 0.29) is 11.9 Å². The minimum Gasteiger partial charge on any atom is -0.386 e. The Morgan fingerprint density at radius 1 is 0.909 bits per heavy atom. The lowest BCUT2D eigenvalue weighted by molar-refractivity contribution is -0.123. The standard InChI is InChI=1S/C28H48N2O3/c1-2-3-4-5-6-7-8-9-10-11-12-16-19-27(31)29-26(24-30-20-22-33-23-21-30)28(32)25-17-14-13-15-18-25/h13-15,17-18,26,28,32H,2-12,16,19-24H2,1H3,(H,29,31)/t26-,28-/m1/s1. The van der Waals surface area contributed by atoms with Crippen molar-refractivity contribution in [3.05, 3.63) is 35.9 Å². The molecule has 0 aliphatic carbocycles. The molecule has 5 nitrogen and oxygen atoms in total. The SMILES string of the molecule is CCCCCCCCCCCCCCC(=O)N[C@H](CN1CCOCC1)[C@H](O)c1ccccc1. The van der Waals surface area contributed by atoms with E-state index in [2.05, 4.69) is 17.1 Å². The molecule has 33 heavy (non-hydrogen) atoms. The number of amides is 1. The zero-order valence-electron chi connectivity index (χ0n) is 21.0. The minimum absolute atomic E-state index is 0.0512. The Balaban J connectivity index is 1.62. The number of nitrogens with one attached hydrogen (secondary N) is 1. The van der Waals surface area contributed by atoms with E-state index in [9.17, 15) is 9.90 Å². The van der Waals surface area contributed by atoms with Crippen molar-refractivity contribution in [3.63, 3.8) is 0 Å². The van der Waals surface area contributed by atoms with E-state index in [1.807, 2.05) is 30.3 Å². The average molecular weight is 461 g/mol. The third kappa shape index (κ3) is 12.6. The molecule has 2 N–H and O–H groups in total. The van der Waals surface area contributed by atoms with E-state index in [4.69, 9.17) is 4.74 Å². The summed E-state index contributed by atoms with van der Waals surface area (Å²) in [4.78, 5) is 14.9. The fourth-order valence-corrected chi connectivity index (χ4v) is 4.57. The molecule has 0 radical (unpaired) electrons. The number of unbranched alkanes of at least 4 members (excludes halogenated alkanes) is 11. The van der Waals surface area contributed by atoms with Gasteiger partial charge >= 0.3 is 0 Å². The topological polar surface area (TPSA) is 61.8 Å². The highest BCUT2D eigenvalue weighted by Gasteiger charge is 2.26. The van der Waals surface area contributed by atoms with Crippen LogP contribution in [-0.2, 0) is 9.53 Å². The number of morpholine rings is 1. The van der Waals surface area contributed by atoms with Gasteiger partial charge < -0.3 is 15.2 Å². The van der Waals surface area contributed by atoms with Gasteiger partial charge in [0.2, 0.25) is 5.91 Å². The summed E-state index contributed by atoms with van der Waals surface area (Å²) in [6.45, 7) is 6.01. The van der Waals surface area contributed by atoms with Crippen LogP contribution in [0.2, 0.25) is 0 Å². The quantitative estimate of drug-likeness (QED) is 0.279. The number of benzene rings is 1. The van der Waals surface area contributed by atoms with Crippen LogP contribution in [-0.4, -0.2) is 54.8 Å². The van der Waals surface area contributed by atoms with E-state index in [1.54, 1.807) is 0 Å². The summed E-state index contributed by atoms with van der Waals surface area (Å²) in [7, 11) is 0. The summed E-state index contributed by atoms with van der Waals surface area (Å²) in [6, 6.07) is 9.34. The highest BCUT2D eigenvalue weighted by Crippen LogP contribution is 2.19. The molecule has 0 saturated carbocycles. The molecule has 1 aromatic carbocycles. The zero-order valence-corrected chi connectivity index (χ0v) is 21.0. The molecule has 1 saturated heterocycles. The first-order valence-corrected chi connectivity index (χ1v) is 13.5. The van der Waals surface area contributed by atoms with Gasteiger partial charge in [-0.05, 0) is 12.0 Å². The maximum atomic E-state index is 12.6. The molecule has 5 heteroatoms. The first kappa shape index (κ1) is 27.8. The van der Waals surface area contributed by atoms with Crippen LogP contribution in [0.4, 0.5) is 0 Å². The van der Waals surface area contributed by atoms with Crippen LogP contribution in [0.5, 0.6) is 0 Å². The molecule has 188 valence electrons. The number of aliphatic hydroxyl groups excluding tert-OH is 1. The van der Waals surface area contributed by atoms with Crippen LogP contribution in [0.1, 0.15) is 102 Å². The largest absolute Gasteiger partial charge is 0.386 e. The summed E-state index contributed by atoms with van der Waals surface area (Å²) in [5.74, 6) is 0.0512. The van der Waals surface area contributed by atoms with Crippen LogP contribution in [0.15, 0.2) is 30.3 Å². The normalized spacial score (nSPS) is 16.4. The number of ether oxygens (including phenoxy) is 1. The molecule has 0 unspecified atom stereocenters. The Morgan fingerprint density at radius 3 is 2.03 bits per heavy atom. The number of rotatable bonds is 18. The van der Waals surface area contributed by atoms with Crippen LogP contribution in [0.25, 0.3) is 0 Å². The molecule has 1 aromatic rings. The molecule has 1 aliphatic heterocycles. The predicted octanol–water partition coefficient (Wildman–Crippen LogP) is 5.63. The van der Waals surface area contributed by atoms with Crippen molar-refractivity contribution in [2.45, 2.75) is 103 Å². The Bertz CT molecular complexity index is 604. The van der Waals surface area contributed by atoms with Crippen LogP contribution < -0.4 is 5.32 Å². The third-order valence-electron chi connectivity index (χ3n) is 6.68. The molecule has 0 spiro atoms. The summed E-state index contributed by atoms with van der Waals surface area (Å²) < 4.78 is 5.44. The summed E-state index contributed by atoms with van der Waals surface area (Å²) in [6.07, 6.45) is 15.3. The van der Waals surface area contributed by atoms with Gasteiger partial charge in [0.05, 0.1) is 19.3 Å². The Hall–Kier alpha value is -1.43. The number of hydrogen-bond acceptors (Lipinski definition) is 4. The molecule has 1 aliphatic rings. The molecule has 0 aromatic heterocycles. The molecular weight excluding hydrogens is 412 g/mol. The number of aliphatic hydroxyl groups is 1. The smallest absolute Gasteiger partial charge is 0.220 e. The van der Waals surface area contributed by atoms with E-state index in [1.165, 1.54) is 64.2 Å². The average Bonchev–Trinajstić information content (AvgIpc) is 2.85. The van der Waals surface area contributed by atoms with Crippen LogP contribution >= 0.6 is 0 Å². The molecule has 0 bridgehead atoms. The van der Waals surface area contributed by atoms with Crippen LogP contribution in [0, 0.1) is 0 Å². The molecule has 2 rings (SSSR count). The fraction of sp³-hybridized carbons (Fsp3) is 0.750. The lowest BCUT2D eigenvalue weighted by Crippen LogP contribution is -2.49. The predicted molar refractivity (Wildman–Crippen MR) is 136 cm³/mol. The molecular formula is C28H48N2O3. The Labute approximate surface area is 202 Å². The van der Waals surface area contributed by atoms with E-state index in [0.717, 1.165) is 31.5 Å². The van der Waals surface area contributed by atoms with E-state index >= 15 is 0 Å². The van der Waals surface area contributed by atoms with Gasteiger partial charge in [0, 0.05) is 26.1 Å². The number of carbonyl (C=O) groups is 1.